The molecule has 32 nitrogen and oxygen atoms in total. The Bertz CT molecular complexity index is 4590. The average molecular weight is 1740 g/mol. The lowest BCUT2D eigenvalue weighted by molar-refractivity contribution is -0.246. The Kier molecular flexibility index (Phi) is 26.1. The van der Waals surface area contributed by atoms with Gasteiger partial charge in [-0.2, -0.15) is 0 Å². The van der Waals surface area contributed by atoms with E-state index in [9.17, 15) is 78.0 Å². The molecule has 4 unspecified atom stereocenters. The van der Waals surface area contributed by atoms with Crippen LogP contribution in [0.4, 0.5) is 0 Å². The maximum atomic E-state index is 13.2. The first kappa shape index (κ1) is 92.3. The van der Waals surface area contributed by atoms with Crippen LogP contribution >= 0.6 is 0 Å². The van der Waals surface area contributed by atoms with Crippen molar-refractivity contribution in [2.45, 2.75) is 259 Å². The Balaban J connectivity index is 0.000000142. The zero-order valence-electron chi connectivity index (χ0n) is 73.3. The molecule has 4 aromatic heterocycles. The van der Waals surface area contributed by atoms with Crippen molar-refractivity contribution < 1.29 is 152 Å². The number of ether oxygens (including phenoxy) is 12. The molecule has 8 saturated carbocycles. The van der Waals surface area contributed by atoms with Gasteiger partial charge in [-0.3, -0.25) is 57.5 Å². The molecule has 32 heteroatoms. The van der Waals surface area contributed by atoms with Gasteiger partial charge in [-0.1, -0.05) is 55.4 Å². The third-order valence-corrected chi connectivity index (χ3v) is 32.2. The molecule has 8 aliphatic carbocycles. The minimum atomic E-state index is -1.04. The van der Waals surface area contributed by atoms with E-state index in [0.29, 0.717) is 77.0 Å². The number of aliphatic hydroxyl groups excluding tert-OH is 4. The lowest BCUT2D eigenvalue weighted by atomic mass is 9.42. The van der Waals surface area contributed by atoms with Gasteiger partial charge in [0.05, 0.1) is 150 Å². The molecule has 12 aliphatic rings. The topological polar surface area (TPSA) is 449 Å². The fourth-order valence-electron chi connectivity index (χ4n) is 26.9. The number of cyclic esters (lactones) is 4. The van der Waals surface area contributed by atoms with E-state index >= 15 is 0 Å². The largest absolute Gasteiger partial charge is 0.472 e. The van der Waals surface area contributed by atoms with Crippen molar-refractivity contribution in [2.24, 2.45) is 114 Å². The van der Waals surface area contributed by atoms with Crippen molar-refractivity contribution in [3.05, 3.63) is 96.6 Å². The van der Waals surface area contributed by atoms with Gasteiger partial charge < -0.3 is 94.9 Å². The summed E-state index contributed by atoms with van der Waals surface area (Å²) in [5, 5.41) is 44.1. The maximum Gasteiger partial charge on any atom is 0.310 e. The van der Waals surface area contributed by atoms with Gasteiger partial charge in [0.25, 0.3) is 0 Å². The molecule has 32 atom stereocenters. The van der Waals surface area contributed by atoms with E-state index < -0.39 is 212 Å². The number of carbonyl (C=O) groups excluding carboxylic acids is 12. The van der Waals surface area contributed by atoms with Crippen LogP contribution in [-0.4, -0.2) is 169 Å². The van der Waals surface area contributed by atoms with Crippen LogP contribution in [0.5, 0.6) is 0 Å². The highest BCUT2D eigenvalue weighted by atomic mass is 16.6. The fourth-order valence-corrected chi connectivity index (χ4v) is 26.9. The standard InChI is InChI=1S/C25H32O9.2C23H30O8.C21H28O7/c1-13(26)32-18-10-17(22(28)30-5)24(3)8-6-16-23(29)34-19(15-7-9-31-12-15)11-25(16,4)21(24)20(18)33-14(2)27;1-12(24)30-16-9-15(20(26)28-4)22(2)7-5-14-21(27)31-17(13-6-8-29-11-13)10-23(14,3)19(22)18(16)25;1-12(24)30-18-16(25)9-15(20(26)28-4)22(2)7-5-14-21(27)31-17(13-6-8-29-11-13)10-23(14,3)19(18)22;1-20-6-4-12-19(25)28-15(11-5-7-27-10-11)9-21(12,2)17(20)16(23)14(22)8-13(20)18(24)26-3/h7,9,12,16-21H,6,8,10-11H2,1-5H3;2*6,8,11,14-19,25H,5,7,9-10H2,1-4H3;5,7,10,12-17,22-23H,4,6,8-9H2,1-3H3/t16-,17+,18+,19+,20+,21?,24+,25+;2*14-,15+,16+,17+,18+,19?,22+,23+;12-,13+,14+,15+,16+,17?,20+,21+/m1111/s1. The van der Waals surface area contributed by atoms with Crippen molar-refractivity contribution in [3.8, 4) is 0 Å². The first-order chi connectivity index (χ1) is 58.5. The van der Waals surface area contributed by atoms with Crippen LogP contribution in [0.1, 0.15) is 232 Å². The monoisotopic (exact) mass is 1740 g/mol. The average Bonchev–Trinajstić information content (AvgIpc) is 1.08. The van der Waals surface area contributed by atoms with Crippen molar-refractivity contribution in [2.75, 3.05) is 28.4 Å². The number of furan rings is 4. The van der Waals surface area contributed by atoms with Crippen molar-refractivity contribution in [3.63, 3.8) is 0 Å². The Labute approximate surface area is 719 Å². The van der Waals surface area contributed by atoms with E-state index in [1.165, 1.54) is 81.2 Å². The summed E-state index contributed by atoms with van der Waals surface area (Å²) in [4.78, 5) is 151. The number of hydrogen-bond acceptors (Lipinski definition) is 32. The highest BCUT2D eigenvalue weighted by Crippen LogP contribution is 2.72. The summed E-state index contributed by atoms with van der Waals surface area (Å²) >= 11 is 0. The zero-order chi connectivity index (χ0) is 90.2. The van der Waals surface area contributed by atoms with Crippen molar-refractivity contribution in [1.29, 1.82) is 0 Å². The second-order valence-electron chi connectivity index (χ2n) is 38.9. The van der Waals surface area contributed by atoms with Gasteiger partial charge >= 0.3 is 71.6 Å². The quantitative estimate of drug-likeness (QED) is 0.0756. The van der Waals surface area contributed by atoms with E-state index in [1.54, 1.807) is 49.3 Å². The fraction of sp³-hybridized carbons (Fsp3) is 0.696. The Hall–Kier alpha value is -9.40. The molecule has 4 aromatic rings. The summed E-state index contributed by atoms with van der Waals surface area (Å²) in [7, 11) is 5.36. The molecule has 0 radical (unpaired) electrons. The Morgan fingerprint density at radius 2 is 0.589 bits per heavy atom. The molecule has 12 fully saturated rings. The number of carbonyl (C=O) groups is 12. The van der Waals surface area contributed by atoms with E-state index in [1.807, 2.05) is 55.4 Å². The van der Waals surface area contributed by atoms with Gasteiger partial charge in [0, 0.05) is 80.5 Å². The van der Waals surface area contributed by atoms with E-state index in [4.69, 9.17) is 74.5 Å². The summed E-state index contributed by atoms with van der Waals surface area (Å²) in [6, 6.07) is 7.06. The van der Waals surface area contributed by atoms with Crippen molar-refractivity contribution in [1.82, 2.24) is 0 Å². The summed E-state index contributed by atoms with van der Waals surface area (Å²) in [6.07, 6.45) is 9.89. The number of fused-ring (bicyclic) bond motifs is 12. The van der Waals surface area contributed by atoms with E-state index in [0.717, 1.165) is 22.3 Å². The summed E-state index contributed by atoms with van der Waals surface area (Å²) in [5.74, 6) is -10.6. The predicted octanol–water partition coefficient (Wildman–Crippen LogP) is 11.2. The van der Waals surface area contributed by atoms with Gasteiger partial charge in [0.15, 0.2) is 0 Å². The summed E-state index contributed by atoms with van der Waals surface area (Å²) in [6.45, 7) is 21.1. The number of esters is 12. The molecule has 0 spiro atoms. The van der Waals surface area contributed by atoms with Crippen LogP contribution in [0, 0.1) is 114 Å². The normalized spacial score (nSPS) is 42.0. The van der Waals surface area contributed by atoms with Crippen LogP contribution in [0.2, 0.25) is 0 Å². The second kappa shape index (κ2) is 35.1. The third-order valence-electron chi connectivity index (χ3n) is 32.2. The molecular weight excluding hydrogens is 1620 g/mol. The molecule has 124 heavy (non-hydrogen) atoms. The molecule has 0 aromatic carbocycles. The molecule has 16 rings (SSSR count). The molecule has 680 valence electrons. The van der Waals surface area contributed by atoms with Gasteiger partial charge in [0.1, 0.15) is 48.8 Å². The minimum Gasteiger partial charge on any atom is -0.472 e. The molecular formula is C92H120O32. The Morgan fingerprint density at radius 3 is 0.887 bits per heavy atom. The van der Waals surface area contributed by atoms with E-state index in [-0.39, 0.29) is 73.4 Å². The Morgan fingerprint density at radius 1 is 0.331 bits per heavy atom. The van der Waals surface area contributed by atoms with Gasteiger partial charge in [-0.15, -0.1) is 0 Å². The van der Waals surface area contributed by atoms with E-state index in [2.05, 4.69) is 0 Å². The maximum absolute atomic E-state index is 13.2. The summed E-state index contributed by atoms with van der Waals surface area (Å²) in [5.41, 5.74) is -2.12. The van der Waals surface area contributed by atoms with Gasteiger partial charge in [0.2, 0.25) is 0 Å². The summed E-state index contributed by atoms with van der Waals surface area (Å²) < 4.78 is 86.7. The van der Waals surface area contributed by atoms with Crippen molar-refractivity contribution >= 4 is 71.6 Å². The van der Waals surface area contributed by atoms with Gasteiger partial charge in [-0.05, 0) is 163 Å². The number of aliphatic hydroxyl groups is 4. The first-order valence-electron chi connectivity index (χ1n) is 43.1. The minimum absolute atomic E-state index is 0.147. The lowest BCUT2D eigenvalue weighted by Crippen LogP contribution is -2.66. The van der Waals surface area contributed by atoms with Crippen LogP contribution < -0.4 is 0 Å². The molecule has 0 amide bonds. The SMILES string of the molecule is COC(=O)[C@@H]1C[C@H](O)[C@H](O)C2[C@@]3(C)C[C@@H](c4ccoc4)OC(=O)[C@H]3CC[C@]21C.COC(=O)[C@@H]1C[C@H](O)[C@H](OC(C)=O)C2[C@@]3(C)C[C@@H](c4ccoc4)OC(=O)[C@H]3CC[C@]21C.COC(=O)[C@@H]1C[C@H](OC(C)=O)[C@H](O)C2[C@@]3(C)C[C@@H](c4ccoc4)OC(=O)[C@H]3CC[C@]21C.COC(=O)[C@@H]1C[C@H](OC(C)=O)[C@H](OC(C)=O)C2[C@@]3(C)C[C@@H](c4ccoc4)OC(=O)[C@H]3CC[C@]21C. The molecule has 0 bridgehead atoms. The first-order valence-corrected chi connectivity index (χ1v) is 43.1. The zero-order valence-corrected chi connectivity index (χ0v) is 73.3. The molecule has 4 aliphatic heterocycles. The number of methoxy groups -OCH3 is 4. The number of rotatable bonds is 12. The van der Waals surface area contributed by atoms with Gasteiger partial charge in [-0.25, -0.2) is 0 Å². The third kappa shape index (κ3) is 16.2. The second-order valence-corrected chi connectivity index (χ2v) is 38.9. The molecule has 8 heterocycles. The lowest BCUT2D eigenvalue weighted by Gasteiger charge is -2.63. The number of hydrogen-bond donors (Lipinski definition) is 4. The molecule has 4 N–H and O–H groups in total. The smallest absolute Gasteiger partial charge is 0.310 e. The highest BCUT2D eigenvalue weighted by molar-refractivity contribution is 5.81. The highest BCUT2D eigenvalue weighted by Gasteiger charge is 2.73. The van der Waals surface area contributed by atoms with Crippen LogP contribution in [-0.2, 0) is 114 Å². The predicted molar refractivity (Wildman–Crippen MR) is 425 cm³/mol. The van der Waals surface area contributed by atoms with Crippen LogP contribution in [0.15, 0.2) is 92.0 Å². The molecule has 4 saturated heterocycles. The van der Waals surface area contributed by atoms with Crippen LogP contribution in [0.25, 0.3) is 0 Å². The van der Waals surface area contributed by atoms with Crippen LogP contribution in [0.3, 0.4) is 0 Å².